The predicted octanol–water partition coefficient (Wildman–Crippen LogP) is 2.26. The van der Waals surface area contributed by atoms with Crippen molar-refractivity contribution in [3.63, 3.8) is 0 Å². The van der Waals surface area contributed by atoms with E-state index in [9.17, 15) is 9.59 Å². The summed E-state index contributed by atoms with van der Waals surface area (Å²) in [6.07, 6.45) is 6.98. The molecular weight excluding hydrogens is 300 g/mol. The van der Waals surface area contributed by atoms with Gasteiger partial charge in [-0.05, 0) is 62.2 Å². The van der Waals surface area contributed by atoms with Crippen LogP contribution in [0, 0.1) is 5.41 Å². The number of piperidine rings is 1. The highest BCUT2D eigenvalue weighted by molar-refractivity contribution is 6.05. The molecule has 124 valence electrons. The maximum Gasteiger partial charge on any atom is 0.215 e. The summed E-state index contributed by atoms with van der Waals surface area (Å²) >= 11 is 0. The third-order valence-electron chi connectivity index (χ3n) is 8.18. The van der Waals surface area contributed by atoms with E-state index >= 15 is 0 Å². The van der Waals surface area contributed by atoms with Crippen LogP contribution in [0.2, 0.25) is 0 Å². The topological polar surface area (TPSA) is 40.6 Å². The summed E-state index contributed by atoms with van der Waals surface area (Å²) in [6, 6.07) is 8.77. The fourth-order valence-electron chi connectivity index (χ4n) is 7.68. The van der Waals surface area contributed by atoms with Crippen molar-refractivity contribution in [2.75, 3.05) is 18.0 Å². The molecule has 4 atom stereocenters. The molecule has 3 aliphatic carbocycles. The van der Waals surface area contributed by atoms with E-state index < -0.39 is 5.54 Å². The first-order valence-corrected chi connectivity index (χ1v) is 9.31. The predicted molar refractivity (Wildman–Crippen MR) is 89.9 cm³/mol. The second-order valence-electron chi connectivity index (χ2n) is 8.58. The van der Waals surface area contributed by atoms with Gasteiger partial charge in [0.1, 0.15) is 5.54 Å². The van der Waals surface area contributed by atoms with Crippen LogP contribution in [0.3, 0.4) is 0 Å². The number of fused-ring (bicyclic) bond motifs is 3. The van der Waals surface area contributed by atoms with Crippen molar-refractivity contribution >= 4 is 17.9 Å². The van der Waals surface area contributed by atoms with Gasteiger partial charge < -0.3 is 4.90 Å². The summed E-state index contributed by atoms with van der Waals surface area (Å²) in [5.74, 6) is 0.331. The van der Waals surface area contributed by atoms with Gasteiger partial charge in [0.2, 0.25) is 6.41 Å². The fraction of sp³-hybridized carbons (Fsp3) is 0.600. The summed E-state index contributed by atoms with van der Waals surface area (Å²) in [4.78, 5) is 30.2. The summed E-state index contributed by atoms with van der Waals surface area (Å²) < 4.78 is 0. The third kappa shape index (κ3) is 1.09. The van der Waals surface area contributed by atoms with Gasteiger partial charge >= 0.3 is 0 Å². The Morgan fingerprint density at radius 3 is 2.79 bits per heavy atom. The number of Topliss-reactive ketones (excluding diaryl/α,β-unsaturated/α-hetero) is 1. The number of amides is 1. The van der Waals surface area contributed by atoms with Crippen molar-refractivity contribution in [1.29, 1.82) is 0 Å². The van der Waals surface area contributed by atoms with Crippen LogP contribution in [0.1, 0.15) is 44.1 Å². The van der Waals surface area contributed by atoms with Crippen LogP contribution in [0.4, 0.5) is 5.69 Å². The van der Waals surface area contributed by atoms with Crippen molar-refractivity contribution in [2.24, 2.45) is 5.41 Å². The molecule has 2 bridgehead atoms. The maximum absolute atomic E-state index is 13.5. The molecule has 6 aliphatic rings. The zero-order valence-electron chi connectivity index (χ0n) is 13.8. The molecule has 24 heavy (non-hydrogen) atoms. The fourth-order valence-corrected chi connectivity index (χ4v) is 7.68. The quantitative estimate of drug-likeness (QED) is 0.745. The standard InChI is InChI=1S/C20H22N2O2/c23-13-22-15-5-2-1-4-14(15)19-9-11-21-10-3-6-18(17(19)21)7-8-20(19,22)16(24)12-18/h1-2,4-5,13,17H,3,6-12H2. The molecule has 4 nitrogen and oxygen atoms in total. The van der Waals surface area contributed by atoms with E-state index in [0.29, 0.717) is 18.2 Å². The largest absolute Gasteiger partial charge is 0.300 e. The van der Waals surface area contributed by atoms with Gasteiger partial charge in [0.05, 0.1) is 0 Å². The minimum Gasteiger partial charge on any atom is -0.300 e. The molecule has 1 amide bonds. The lowest BCUT2D eigenvalue weighted by Crippen LogP contribution is -2.78. The van der Waals surface area contributed by atoms with E-state index in [2.05, 4.69) is 17.0 Å². The lowest BCUT2D eigenvalue weighted by atomic mass is 9.41. The number of rotatable bonds is 1. The first-order chi connectivity index (χ1) is 11.7. The number of para-hydroxylation sites is 1. The van der Waals surface area contributed by atoms with Crippen LogP contribution in [0.15, 0.2) is 24.3 Å². The van der Waals surface area contributed by atoms with E-state index in [4.69, 9.17) is 0 Å². The minimum absolute atomic E-state index is 0.152. The van der Waals surface area contributed by atoms with Gasteiger partial charge in [-0.1, -0.05) is 18.2 Å². The van der Waals surface area contributed by atoms with E-state index in [0.717, 1.165) is 44.4 Å². The number of ketones is 1. The molecule has 5 fully saturated rings. The first kappa shape index (κ1) is 13.6. The van der Waals surface area contributed by atoms with Crippen molar-refractivity contribution in [3.05, 3.63) is 29.8 Å². The molecule has 3 heterocycles. The number of carbonyl (C=O) groups excluding carboxylic acids is 2. The molecule has 7 rings (SSSR count). The van der Waals surface area contributed by atoms with Crippen LogP contribution < -0.4 is 4.90 Å². The van der Waals surface area contributed by atoms with Crippen LogP contribution in [-0.2, 0) is 15.0 Å². The van der Waals surface area contributed by atoms with Gasteiger partial charge in [0.15, 0.2) is 5.78 Å². The number of hydrogen-bond acceptors (Lipinski definition) is 3. The van der Waals surface area contributed by atoms with Crippen molar-refractivity contribution in [3.8, 4) is 0 Å². The maximum atomic E-state index is 13.5. The Morgan fingerprint density at radius 1 is 1.08 bits per heavy atom. The second kappa shape index (κ2) is 3.93. The van der Waals surface area contributed by atoms with E-state index in [1.807, 2.05) is 17.0 Å². The van der Waals surface area contributed by atoms with Gasteiger partial charge in [0.25, 0.3) is 0 Å². The Morgan fingerprint density at radius 2 is 1.96 bits per heavy atom. The molecular formula is C20H22N2O2. The third-order valence-corrected chi connectivity index (χ3v) is 8.18. The molecule has 0 N–H and O–H groups in total. The van der Waals surface area contributed by atoms with Crippen LogP contribution >= 0.6 is 0 Å². The highest BCUT2D eigenvalue weighted by Gasteiger charge is 2.80. The SMILES string of the molecule is O=CN1c2ccccc2C23CCN4CCCC5(CCC12C(=O)C5)C43. The van der Waals surface area contributed by atoms with Gasteiger partial charge in [-0.15, -0.1) is 0 Å². The average Bonchev–Trinajstić information content (AvgIpc) is 3.12. The number of nitrogens with zero attached hydrogens (tertiary/aromatic N) is 2. The molecule has 4 heteroatoms. The van der Waals surface area contributed by atoms with Crippen molar-refractivity contribution in [2.45, 2.75) is 55.5 Å². The van der Waals surface area contributed by atoms with E-state index in [-0.39, 0.29) is 10.8 Å². The Bertz CT molecular complexity index is 792. The molecule has 1 aromatic carbocycles. The van der Waals surface area contributed by atoms with Gasteiger partial charge in [0, 0.05) is 23.6 Å². The molecule has 0 radical (unpaired) electrons. The van der Waals surface area contributed by atoms with Crippen molar-refractivity contribution < 1.29 is 9.59 Å². The number of benzene rings is 1. The molecule has 3 aliphatic heterocycles. The van der Waals surface area contributed by atoms with Crippen LogP contribution in [0.25, 0.3) is 0 Å². The molecule has 3 spiro atoms. The Kier molecular flexibility index (Phi) is 2.23. The van der Waals surface area contributed by atoms with Crippen LogP contribution in [0.5, 0.6) is 0 Å². The number of carbonyl (C=O) groups is 2. The molecule has 4 unspecified atom stereocenters. The van der Waals surface area contributed by atoms with Crippen LogP contribution in [-0.4, -0.2) is 41.8 Å². The second-order valence-corrected chi connectivity index (χ2v) is 8.58. The van der Waals surface area contributed by atoms with Gasteiger partial charge in [-0.3, -0.25) is 14.5 Å². The molecule has 0 aromatic heterocycles. The van der Waals surface area contributed by atoms with Gasteiger partial charge in [-0.2, -0.15) is 0 Å². The molecule has 1 aromatic rings. The minimum atomic E-state index is -0.614. The Hall–Kier alpha value is -1.68. The molecule has 3 saturated carbocycles. The highest BCUT2D eigenvalue weighted by Crippen LogP contribution is 2.72. The van der Waals surface area contributed by atoms with Crippen molar-refractivity contribution in [1.82, 2.24) is 4.90 Å². The summed E-state index contributed by atoms with van der Waals surface area (Å²) in [5.41, 5.74) is 1.63. The van der Waals surface area contributed by atoms with E-state index in [1.165, 1.54) is 18.4 Å². The zero-order valence-corrected chi connectivity index (χ0v) is 13.8. The lowest BCUT2D eigenvalue weighted by molar-refractivity contribution is -0.156. The highest BCUT2D eigenvalue weighted by atomic mass is 16.2. The Labute approximate surface area is 141 Å². The number of anilines is 1. The first-order valence-electron chi connectivity index (χ1n) is 9.31. The normalized spacial score (nSPS) is 45.1. The Balaban J connectivity index is 1.72. The monoisotopic (exact) mass is 322 g/mol. The zero-order chi connectivity index (χ0) is 16.2. The average molecular weight is 322 g/mol. The smallest absolute Gasteiger partial charge is 0.215 e. The van der Waals surface area contributed by atoms with Gasteiger partial charge in [-0.25, -0.2) is 0 Å². The summed E-state index contributed by atoms with van der Waals surface area (Å²) in [6.45, 7) is 2.23. The lowest BCUT2D eigenvalue weighted by Gasteiger charge is -2.66. The van der Waals surface area contributed by atoms with E-state index in [1.54, 1.807) is 0 Å². The summed E-state index contributed by atoms with van der Waals surface area (Å²) in [7, 11) is 0. The summed E-state index contributed by atoms with van der Waals surface area (Å²) in [5, 5.41) is 0. The number of hydrogen-bond donors (Lipinski definition) is 0. The molecule has 2 saturated heterocycles.